The van der Waals surface area contributed by atoms with Crippen LogP contribution in [0.4, 0.5) is 0 Å². The van der Waals surface area contributed by atoms with Crippen LogP contribution in [0.15, 0.2) is 55.0 Å². The third-order valence-electron chi connectivity index (χ3n) is 5.47. The molecule has 4 rings (SSSR count). The summed E-state index contributed by atoms with van der Waals surface area (Å²) < 4.78 is 0. The van der Waals surface area contributed by atoms with Crippen LogP contribution in [0.3, 0.4) is 0 Å². The maximum Gasteiger partial charge on any atom is 0.253 e. The number of halogens is 1. The highest BCUT2D eigenvalue weighted by atomic mass is 35.5. The highest BCUT2D eigenvalue weighted by molar-refractivity contribution is 6.33. The van der Waals surface area contributed by atoms with E-state index in [1.165, 1.54) is 6.92 Å². The summed E-state index contributed by atoms with van der Waals surface area (Å²) >= 11 is 6.54. The lowest BCUT2D eigenvalue weighted by atomic mass is 10.00. The molecule has 6 nitrogen and oxygen atoms in total. The van der Waals surface area contributed by atoms with E-state index in [4.69, 9.17) is 11.6 Å². The summed E-state index contributed by atoms with van der Waals surface area (Å²) in [4.78, 5) is 34.6. The van der Waals surface area contributed by atoms with E-state index in [2.05, 4.69) is 9.97 Å². The standard InChI is InChI=1S/C24H22ClN3O3/c1-15(29)23-12-16(4-7-27-23)18-10-19(14-26-13-18)21-3-2-17(11-22(21)25)24(31)28-8-5-20(30)6-9-28/h2-4,7,10-14,20,30H,5-6,8-9H2,1H3. The maximum absolute atomic E-state index is 12.8. The van der Waals surface area contributed by atoms with Crippen LogP contribution < -0.4 is 0 Å². The van der Waals surface area contributed by atoms with Crippen molar-refractivity contribution in [2.75, 3.05) is 13.1 Å². The number of aliphatic hydroxyl groups excluding tert-OH is 1. The summed E-state index contributed by atoms with van der Waals surface area (Å²) in [7, 11) is 0. The van der Waals surface area contributed by atoms with Crippen molar-refractivity contribution in [3.05, 3.63) is 71.3 Å². The van der Waals surface area contributed by atoms with E-state index in [0.29, 0.717) is 42.2 Å². The fraction of sp³-hybridized carbons (Fsp3) is 0.250. The average molecular weight is 436 g/mol. The van der Waals surface area contributed by atoms with Gasteiger partial charge in [-0.15, -0.1) is 0 Å². The summed E-state index contributed by atoms with van der Waals surface area (Å²) in [6, 6.07) is 10.8. The molecule has 1 aliphatic heterocycles. The van der Waals surface area contributed by atoms with Gasteiger partial charge in [-0.05, 0) is 48.7 Å². The second kappa shape index (κ2) is 8.96. The number of aliphatic hydroxyl groups is 1. The molecule has 0 aliphatic carbocycles. The number of nitrogens with zero attached hydrogens (tertiary/aromatic N) is 3. The van der Waals surface area contributed by atoms with Crippen LogP contribution in [0.5, 0.6) is 0 Å². The molecule has 1 aromatic carbocycles. The average Bonchev–Trinajstić information content (AvgIpc) is 2.79. The molecule has 1 aliphatic rings. The first-order chi connectivity index (χ1) is 14.9. The first kappa shape index (κ1) is 21.2. The number of rotatable bonds is 4. The molecule has 31 heavy (non-hydrogen) atoms. The van der Waals surface area contributed by atoms with Gasteiger partial charge in [-0.1, -0.05) is 17.7 Å². The second-order valence-corrected chi connectivity index (χ2v) is 8.07. The number of Topliss-reactive ketones (excluding diaryl/α,β-unsaturated/α-hetero) is 1. The van der Waals surface area contributed by atoms with Crippen molar-refractivity contribution < 1.29 is 14.7 Å². The molecule has 0 bridgehead atoms. The Bertz CT molecular complexity index is 1140. The third kappa shape index (κ3) is 4.65. The van der Waals surface area contributed by atoms with Crippen LogP contribution >= 0.6 is 11.6 Å². The Kier molecular flexibility index (Phi) is 6.11. The number of ketones is 1. The zero-order valence-corrected chi connectivity index (χ0v) is 17.8. The van der Waals surface area contributed by atoms with Crippen LogP contribution in [0.2, 0.25) is 5.02 Å². The largest absolute Gasteiger partial charge is 0.393 e. The van der Waals surface area contributed by atoms with Crippen molar-refractivity contribution in [3.63, 3.8) is 0 Å². The molecule has 0 spiro atoms. The van der Waals surface area contributed by atoms with Crippen LogP contribution in [-0.2, 0) is 0 Å². The maximum atomic E-state index is 12.8. The Morgan fingerprint density at radius 1 is 1.03 bits per heavy atom. The predicted molar refractivity (Wildman–Crippen MR) is 119 cm³/mol. The molecule has 3 heterocycles. The van der Waals surface area contributed by atoms with Crippen molar-refractivity contribution >= 4 is 23.3 Å². The van der Waals surface area contributed by atoms with Crippen molar-refractivity contribution in [2.45, 2.75) is 25.9 Å². The van der Waals surface area contributed by atoms with Gasteiger partial charge >= 0.3 is 0 Å². The van der Waals surface area contributed by atoms with Gasteiger partial charge in [0, 0.05) is 65.9 Å². The number of amides is 1. The van der Waals surface area contributed by atoms with Gasteiger partial charge in [0.05, 0.1) is 6.10 Å². The topological polar surface area (TPSA) is 83.4 Å². The Hall–Kier alpha value is -3.09. The van der Waals surface area contributed by atoms with Crippen LogP contribution in [0.25, 0.3) is 22.3 Å². The molecule has 0 saturated carbocycles. The number of hydrogen-bond acceptors (Lipinski definition) is 5. The SMILES string of the molecule is CC(=O)c1cc(-c2cncc(-c3ccc(C(=O)N4CCC(O)CC4)cc3Cl)c2)ccn1. The van der Waals surface area contributed by atoms with E-state index < -0.39 is 0 Å². The van der Waals surface area contributed by atoms with Gasteiger partial charge in [-0.25, -0.2) is 0 Å². The molecule has 0 unspecified atom stereocenters. The second-order valence-electron chi connectivity index (χ2n) is 7.67. The number of pyridine rings is 2. The number of carbonyl (C=O) groups excluding carboxylic acids is 2. The van der Waals surface area contributed by atoms with Gasteiger partial charge in [0.15, 0.2) is 5.78 Å². The Labute approximate surface area is 185 Å². The molecule has 0 atom stereocenters. The van der Waals surface area contributed by atoms with Gasteiger partial charge in [0.25, 0.3) is 5.91 Å². The fourth-order valence-corrected chi connectivity index (χ4v) is 3.97. The number of benzene rings is 1. The van der Waals surface area contributed by atoms with Gasteiger partial charge < -0.3 is 10.0 Å². The van der Waals surface area contributed by atoms with Crippen LogP contribution in [-0.4, -0.2) is 50.9 Å². The number of likely N-dealkylation sites (tertiary alicyclic amines) is 1. The van der Waals surface area contributed by atoms with E-state index in [9.17, 15) is 14.7 Å². The Morgan fingerprint density at radius 2 is 1.77 bits per heavy atom. The minimum absolute atomic E-state index is 0.0826. The van der Waals surface area contributed by atoms with E-state index >= 15 is 0 Å². The summed E-state index contributed by atoms with van der Waals surface area (Å²) in [5.41, 5.74) is 4.17. The van der Waals surface area contributed by atoms with Crippen molar-refractivity contribution in [2.24, 2.45) is 0 Å². The Balaban J connectivity index is 1.60. The minimum Gasteiger partial charge on any atom is -0.393 e. The fourth-order valence-electron chi connectivity index (χ4n) is 3.68. The lowest BCUT2D eigenvalue weighted by molar-refractivity contribution is 0.0546. The highest BCUT2D eigenvalue weighted by Gasteiger charge is 2.23. The number of aromatic nitrogens is 2. The highest BCUT2D eigenvalue weighted by Crippen LogP contribution is 2.31. The number of piperidine rings is 1. The molecule has 1 N–H and O–H groups in total. The van der Waals surface area contributed by atoms with Gasteiger partial charge in [0.1, 0.15) is 5.69 Å². The molecule has 7 heteroatoms. The summed E-state index contributed by atoms with van der Waals surface area (Å²) in [5.74, 6) is -0.182. The molecule has 1 fully saturated rings. The van der Waals surface area contributed by atoms with Crippen LogP contribution in [0.1, 0.15) is 40.6 Å². The quantitative estimate of drug-likeness (QED) is 0.619. The normalized spacial score (nSPS) is 14.5. The van der Waals surface area contributed by atoms with E-state index in [-0.39, 0.29) is 17.8 Å². The molecule has 1 amide bonds. The van der Waals surface area contributed by atoms with Crippen molar-refractivity contribution in [1.82, 2.24) is 14.9 Å². The van der Waals surface area contributed by atoms with E-state index in [1.54, 1.807) is 41.7 Å². The number of carbonyl (C=O) groups is 2. The zero-order valence-electron chi connectivity index (χ0n) is 17.1. The summed E-state index contributed by atoms with van der Waals surface area (Å²) in [5, 5.41) is 10.1. The summed E-state index contributed by atoms with van der Waals surface area (Å²) in [6.07, 6.45) is 5.89. The van der Waals surface area contributed by atoms with E-state index in [0.717, 1.165) is 22.3 Å². The monoisotopic (exact) mass is 435 g/mol. The van der Waals surface area contributed by atoms with Crippen molar-refractivity contribution in [1.29, 1.82) is 0 Å². The lowest BCUT2D eigenvalue weighted by Gasteiger charge is -2.29. The molecule has 2 aromatic heterocycles. The molecular formula is C24H22ClN3O3. The zero-order chi connectivity index (χ0) is 22.0. The molecule has 3 aromatic rings. The lowest BCUT2D eigenvalue weighted by Crippen LogP contribution is -2.40. The molecule has 158 valence electrons. The first-order valence-corrected chi connectivity index (χ1v) is 10.5. The van der Waals surface area contributed by atoms with Gasteiger partial charge in [-0.3, -0.25) is 19.6 Å². The van der Waals surface area contributed by atoms with E-state index in [1.807, 2.05) is 18.2 Å². The molecule has 0 radical (unpaired) electrons. The smallest absolute Gasteiger partial charge is 0.253 e. The Morgan fingerprint density at radius 3 is 2.48 bits per heavy atom. The van der Waals surface area contributed by atoms with Gasteiger partial charge in [-0.2, -0.15) is 0 Å². The molecular weight excluding hydrogens is 414 g/mol. The van der Waals surface area contributed by atoms with Crippen molar-refractivity contribution in [3.8, 4) is 22.3 Å². The van der Waals surface area contributed by atoms with Crippen LogP contribution in [0, 0.1) is 0 Å². The number of hydrogen-bond donors (Lipinski definition) is 1. The minimum atomic E-state index is -0.332. The first-order valence-electron chi connectivity index (χ1n) is 10.1. The predicted octanol–water partition coefficient (Wildman–Crippen LogP) is 4.26. The summed E-state index contributed by atoms with van der Waals surface area (Å²) in [6.45, 7) is 2.56. The molecule has 1 saturated heterocycles. The third-order valence-corrected chi connectivity index (χ3v) is 5.78. The van der Waals surface area contributed by atoms with Gasteiger partial charge in [0.2, 0.25) is 0 Å².